The quantitative estimate of drug-likeness (QED) is 0.866. The molecule has 5 heteroatoms. The van der Waals surface area contributed by atoms with E-state index in [-0.39, 0.29) is 18.0 Å². The predicted octanol–water partition coefficient (Wildman–Crippen LogP) is 2.06. The SMILES string of the molecule is CC.Cc1ccccc1CN1OC(C(C)O)C2COC(=O)C21. The van der Waals surface area contributed by atoms with E-state index in [1.807, 2.05) is 45.0 Å². The van der Waals surface area contributed by atoms with Crippen molar-refractivity contribution in [2.45, 2.75) is 52.5 Å². The predicted molar refractivity (Wildman–Crippen MR) is 82.9 cm³/mol. The van der Waals surface area contributed by atoms with Crippen molar-refractivity contribution in [2.24, 2.45) is 5.92 Å². The molecule has 0 bridgehead atoms. The van der Waals surface area contributed by atoms with Crippen LogP contribution in [0.3, 0.4) is 0 Å². The smallest absolute Gasteiger partial charge is 0.326 e. The number of hydrogen-bond acceptors (Lipinski definition) is 5. The molecule has 0 aromatic heterocycles. The monoisotopic (exact) mass is 307 g/mol. The molecule has 22 heavy (non-hydrogen) atoms. The lowest BCUT2D eigenvalue weighted by Crippen LogP contribution is -2.35. The van der Waals surface area contributed by atoms with Crippen molar-refractivity contribution >= 4 is 5.97 Å². The van der Waals surface area contributed by atoms with Gasteiger partial charge in [-0.3, -0.25) is 9.63 Å². The summed E-state index contributed by atoms with van der Waals surface area (Å²) >= 11 is 0. The van der Waals surface area contributed by atoms with Crippen LogP contribution < -0.4 is 0 Å². The number of rotatable bonds is 3. The maximum Gasteiger partial charge on any atom is 0.326 e. The molecule has 2 heterocycles. The second-order valence-corrected chi connectivity index (χ2v) is 5.55. The number of aliphatic hydroxyl groups excluding tert-OH is 1. The number of aliphatic hydroxyl groups is 1. The molecule has 3 rings (SSSR count). The van der Waals surface area contributed by atoms with E-state index in [4.69, 9.17) is 9.57 Å². The van der Waals surface area contributed by atoms with Crippen LogP contribution in [0.4, 0.5) is 0 Å². The summed E-state index contributed by atoms with van der Waals surface area (Å²) in [4.78, 5) is 17.7. The van der Waals surface area contributed by atoms with E-state index in [9.17, 15) is 9.90 Å². The van der Waals surface area contributed by atoms with Gasteiger partial charge in [0.05, 0.1) is 25.2 Å². The number of carbonyl (C=O) groups is 1. The second kappa shape index (κ2) is 7.22. The molecular weight excluding hydrogens is 282 g/mol. The lowest BCUT2D eigenvalue weighted by molar-refractivity contribution is -0.202. The molecule has 4 atom stereocenters. The van der Waals surface area contributed by atoms with E-state index in [0.29, 0.717) is 13.2 Å². The highest BCUT2D eigenvalue weighted by Gasteiger charge is 2.54. The van der Waals surface area contributed by atoms with Gasteiger partial charge in [0.1, 0.15) is 12.1 Å². The molecule has 2 fully saturated rings. The first-order valence-electron chi connectivity index (χ1n) is 7.90. The van der Waals surface area contributed by atoms with Crippen LogP contribution in [0.2, 0.25) is 0 Å². The molecule has 0 spiro atoms. The lowest BCUT2D eigenvalue weighted by atomic mass is 9.94. The van der Waals surface area contributed by atoms with Gasteiger partial charge in [0.15, 0.2) is 0 Å². The minimum atomic E-state index is -0.626. The van der Waals surface area contributed by atoms with Crippen molar-refractivity contribution in [2.75, 3.05) is 6.61 Å². The number of ether oxygens (including phenoxy) is 1. The highest BCUT2D eigenvalue weighted by atomic mass is 16.7. The van der Waals surface area contributed by atoms with Gasteiger partial charge in [-0.15, -0.1) is 0 Å². The summed E-state index contributed by atoms with van der Waals surface area (Å²) in [5.74, 6) is -0.349. The molecule has 122 valence electrons. The van der Waals surface area contributed by atoms with Gasteiger partial charge >= 0.3 is 5.97 Å². The number of esters is 1. The topological polar surface area (TPSA) is 59.0 Å². The van der Waals surface area contributed by atoms with E-state index < -0.39 is 12.1 Å². The van der Waals surface area contributed by atoms with Crippen LogP contribution in [0.15, 0.2) is 24.3 Å². The van der Waals surface area contributed by atoms with E-state index in [1.54, 1.807) is 12.0 Å². The molecule has 2 aliphatic heterocycles. The van der Waals surface area contributed by atoms with Crippen LogP contribution in [-0.2, 0) is 20.9 Å². The first-order chi connectivity index (χ1) is 10.6. The molecule has 1 aromatic carbocycles. The highest BCUT2D eigenvalue weighted by molar-refractivity contribution is 5.78. The van der Waals surface area contributed by atoms with Gasteiger partial charge < -0.3 is 9.84 Å². The third kappa shape index (κ3) is 3.16. The van der Waals surface area contributed by atoms with E-state index >= 15 is 0 Å². The van der Waals surface area contributed by atoms with Crippen LogP contribution in [0.5, 0.6) is 0 Å². The van der Waals surface area contributed by atoms with Gasteiger partial charge in [-0.1, -0.05) is 38.1 Å². The molecule has 0 radical (unpaired) electrons. The van der Waals surface area contributed by atoms with Crippen molar-refractivity contribution in [1.29, 1.82) is 0 Å². The summed E-state index contributed by atoms with van der Waals surface area (Å²) < 4.78 is 5.13. The maximum atomic E-state index is 11.9. The molecule has 1 aromatic rings. The first kappa shape index (κ1) is 16.9. The van der Waals surface area contributed by atoms with Crippen molar-refractivity contribution in [3.05, 3.63) is 35.4 Å². The Morgan fingerprint density at radius 1 is 1.36 bits per heavy atom. The van der Waals surface area contributed by atoms with Crippen LogP contribution in [-0.4, -0.2) is 41.0 Å². The third-order valence-corrected chi connectivity index (χ3v) is 4.12. The Balaban J connectivity index is 0.000000847. The number of hydrogen-bond donors (Lipinski definition) is 1. The minimum absolute atomic E-state index is 0.0912. The zero-order chi connectivity index (χ0) is 16.3. The molecule has 0 aliphatic carbocycles. The summed E-state index contributed by atoms with van der Waals surface area (Å²) in [6.07, 6.45) is -1.01. The second-order valence-electron chi connectivity index (χ2n) is 5.55. The average Bonchev–Trinajstić information content (AvgIpc) is 3.06. The highest BCUT2D eigenvalue weighted by Crippen LogP contribution is 2.36. The van der Waals surface area contributed by atoms with Crippen molar-refractivity contribution in [3.63, 3.8) is 0 Å². The number of aryl methyl sites for hydroxylation is 1. The molecular formula is C17H25NO4. The summed E-state index contributed by atoms with van der Waals surface area (Å²) in [7, 11) is 0. The summed E-state index contributed by atoms with van der Waals surface area (Å²) in [6, 6.07) is 7.59. The van der Waals surface area contributed by atoms with Gasteiger partial charge in [0.25, 0.3) is 0 Å². The number of carbonyl (C=O) groups excluding carboxylic acids is 1. The number of fused-ring (bicyclic) bond motifs is 1. The van der Waals surface area contributed by atoms with E-state index in [0.717, 1.165) is 11.1 Å². The number of cyclic esters (lactones) is 1. The maximum absolute atomic E-state index is 11.9. The molecule has 5 nitrogen and oxygen atoms in total. The Bertz CT molecular complexity index is 517. The Labute approximate surface area is 131 Å². The lowest BCUT2D eigenvalue weighted by Gasteiger charge is -2.21. The number of hydroxylamine groups is 2. The fourth-order valence-corrected chi connectivity index (χ4v) is 2.97. The van der Waals surface area contributed by atoms with Crippen molar-refractivity contribution in [3.8, 4) is 0 Å². The van der Waals surface area contributed by atoms with Crippen LogP contribution in [0.25, 0.3) is 0 Å². The Hall–Kier alpha value is -1.43. The molecule has 0 saturated carbocycles. The molecule has 0 amide bonds. The third-order valence-electron chi connectivity index (χ3n) is 4.12. The number of benzene rings is 1. The fraction of sp³-hybridized carbons (Fsp3) is 0.588. The Morgan fingerprint density at radius 2 is 2.05 bits per heavy atom. The zero-order valence-corrected chi connectivity index (χ0v) is 13.7. The standard InChI is InChI=1S/C15H19NO4.C2H6/c1-9-5-3-4-6-11(9)7-16-13-12(8-19-15(13)18)14(20-16)10(2)17;1-2/h3-6,10,12-14,17H,7-8H2,1-2H3;1-2H3. The molecule has 2 saturated heterocycles. The summed E-state index contributed by atoms with van der Waals surface area (Å²) in [6.45, 7) is 8.55. The van der Waals surface area contributed by atoms with Gasteiger partial charge in [-0.25, -0.2) is 0 Å². The molecule has 2 aliphatic rings. The zero-order valence-electron chi connectivity index (χ0n) is 13.7. The normalized spacial score (nSPS) is 28.6. The van der Waals surface area contributed by atoms with Gasteiger partial charge in [-0.2, -0.15) is 5.06 Å². The van der Waals surface area contributed by atoms with E-state index in [1.165, 1.54) is 0 Å². The van der Waals surface area contributed by atoms with Gasteiger partial charge in [0, 0.05) is 0 Å². The Morgan fingerprint density at radius 3 is 2.68 bits per heavy atom. The van der Waals surface area contributed by atoms with Crippen molar-refractivity contribution < 1.29 is 19.5 Å². The summed E-state index contributed by atoms with van der Waals surface area (Å²) in [5, 5.41) is 11.5. The van der Waals surface area contributed by atoms with E-state index in [2.05, 4.69) is 0 Å². The van der Waals surface area contributed by atoms with Crippen LogP contribution in [0.1, 0.15) is 31.9 Å². The van der Waals surface area contributed by atoms with Crippen molar-refractivity contribution in [1.82, 2.24) is 5.06 Å². The van der Waals surface area contributed by atoms with Gasteiger partial charge in [0.2, 0.25) is 0 Å². The minimum Gasteiger partial charge on any atom is -0.464 e. The molecule has 1 N–H and O–H groups in total. The number of nitrogens with zero attached hydrogens (tertiary/aromatic N) is 1. The van der Waals surface area contributed by atoms with Crippen LogP contribution >= 0.6 is 0 Å². The average molecular weight is 307 g/mol. The summed E-state index contributed by atoms with van der Waals surface area (Å²) in [5.41, 5.74) is 2.26. The first-order valence-corrected chi connectivity index (χ1v) is 7.90. The fourth-order valence-electron chi connectivity index (χ4n) is 2.97. The van der Waals surface area contributed by atoms with Gasteiger partial charge in [-0.05, 0) is 25.0 Å². The Kier molecular flexibility index (Phi) is 5.56. The molecule has 4 unspecified atom stereocenters. The van der Waals surface area contributed by atoms with Crippen LogP contribution in [0, 0.1) is 12.8 Å². The largest absolute Gasteiger partial charge is 0.464 e.